The Morgan fingerprint density at radius 1 is 1.19 bits per heavy atom. The van der Waals surface area contributed by atoms with E-state index in [4.69, 9.17) is 4.74 Å². The summed E-state index contributed by atoms with van der Waals surface area (Å²) in [6.45, 7) is 7.41. The van der Waals surface area contributed by atoms with Crippen molar-refractivity contribution >= 4 is 22.4 Å². The molecule has 0 spiro atoms. The van der Waals surface area contributed by atoms with E-state index in [0.717, 1.165) is 28.1 Å². The van der Waals surface area contributed by atoms with Gasteiger partial charge in [-0.2, -0.15) is 0 Å². The van der Waals surface area contributed by atoms with Gasteiger partial charge >= 0.3 is 0 Å². The molecule has 26 heavy (non-hydrogen) atoms. The number of guanidine groups is 1. The molecule has 0 saturated heterocycles. The lowest BCUT2D eigenvalue weighted by atomic mass is 10.1. The predicted molar refractivity (Wildman–Crippen MR) is 110 cm³/mol. The second kappa shape index (κ2) is 8.89. The van der Waals surface area contributed by atoms with Crippen molar-refractivity contribution in [1.29, 1.82) is 0 Å². The number of hydrogen-bond donors (Lipinski definition) is 2. The van der Waals surface area contributed by atoms with Gasteiger partial charge in [0, 0.05) is 38.6 Å². The molecule has 0 amide bonds. The monoisotopic (exact) mass is 375 g/mol. The van der Waals surface area contributed by atoms with E-state index >= 15 is 0 Å². The molecule has 1 aromatic heterocycles. The Hall–Kier alpha value is -2.28. The standard InChI is InChI=1S/C19H29N5OS/c1-19(2,3)25-16-10-8-7-9-14(16)11-21-17(20-4)22-12-15-13-26-18(23-15)24(5)6/h7-10,13H,11-12H2,1-6H3,(H2,20,21,22). The van der Waals surface area contributed by atoms with Crippen molar-refractivity contribution in [2.75, 3.05) is 26.0 Å². The molecule has 0 aliphatic rings. The Morgan fingerprint density at radius 3 is 2.50 bits per heavy atom. The zero-order valence-electron chi connectivity index (χ0n) is 16.5. The SMILES string of the molecule is CN=C(NCc1csc(N(C)C)n1)NCc1ccccc1OC(C)(C)C. The van der Waals surface area contributed by atoms with Gasteiger partial charge in [0.2, 0.25) is 0 Å². The molecular formula is C19H29N5OS. The molecule has 0 aliphatic carbocycles. The lowest BCUT2D eigenvalue weighted by molar-refractivity contribution is 0.129. The number of hydrogen-bond acceptors (Lipinski definition) is 5. The number of aromatic nitrogens is 1. The summed E-state index contributed by atoms with van der Waals surface area (Å²) >= 11 is 1.63. The van der Waals surface area contributed by atoms with E-state index in [9.17, 15) is 0 Å². The third-order valence-corrected chi connectivity index (χ3v) is 4.47. The number of nitrogens with zero attached hydrogens (tertiary/aromatic N) is 3. The summed E-state index contributed by atoms with van der Waals surface area (Å²) in [7, 11) is 5.75. The van der Waals surface area contributed by atoms with Crippen molar-refractivity contribution in [3.63, 3.8) is 0 Å². The molecule has 0 bridgehead atoms. The maximum absolute atomic E-state index is 6.04. The highest BCUT2D eigenvalue weighted by atomic mass is 32.1. The number of ether oxygens (including phenoxy) is 1. The van der Waals surface area contributed by atoms with Crippen LogP contribution >= 0.6 is 11.3 Å². The summed E-state index contributed by atoms with van der Waals surface area (Å²) in [4.78, 5) is 10.9. The first-order chi connectivity index (χ1) is 12.3. The first-order valence-electron chi connectivity index (χ1n) is 8.61. The molecule has 0 radical (unpaired) electrons. The summed E-state index contributed by atoms with van der Waals surface area (Å²) in [6.07, 6.45) is 0. The molecule has 6 nitrogen and oxygen atoms in total. The van der Waals surface area contributed by atoms with Crippen LogP contribution in [0.15, 0.2) is 34.6 Å². The number of benzene rings is 1. The van der Waals surface area contributed by atoms with Crippen LogP contribution in [0, 0.1) is 0 Å². The van der Waals surface area contributed by atoms with Crippen molar-refractivity contribution in [3.8, 4) is 5.75 Å². The van der Waals surface area contributed by atoms with Gasteiger partial charge in [-0.25, -0.2) is 4.98 Å². The fourth-order valence-corrected chi connectivity index (χ4v) is 2.99. The number of thiazole rings is 1. The molecule has 0 fully saturated rings. The number of nitrogens with one attached hydrogen (secondary N) is 2. The van der Waals surface area contributed by atoms with E-state index in [1.165, 1.54) is 0 Å². The van der Waals surface area contributed by atoms with Crippen LogP contribution in [0.1, 0.15) is 32.0 Å². The Kier molecular flexibility index (Phi) is 6.85. The highest BCUT2D eigenvalue weighted by Crippen LogP contribution is 2.22. The second-order valence-corrected chi connectivity index (χ2v) is 7.95. The average molecular weight is 376 g/mol. The third kappa shape index (κ3) is 6.22. The molecule has 0 saturated carbocycles. The van der Waals surface area contributed by atoms with Gasteiger partial charge in [-0.15, -0.1) is 11.3 Å². The maximum Gasteiger partial charge on any atom is 0.191 e. The maximum atomic E-state index is 6.04. The Labute approximate surface area is 160 Å². The quantitative estimate of drug-likeness (QED) is 0.599. The summed E-state index contributed by atoms with van der Waals surface area (Å²) in [5.41, 5.74) is 1.86. The highest BCUT2D eigenvalue weighted by Gasteiger charge is 2.14. The first-order valence-corrected chi connectivity index (χ1v) is 9.49. The van der Waals surface area contributed by atoms with E-state index in [0.29, 0.717) is 13.1 Å². The average Bonchev–Trinajstić information content (AvgIpc) is 3.04. The molecule has 7 heteroatoms. The molecule has 0 atom stereocenters. The van der Waals surface area contributed by atoms with Crippen molar-refractivity contribution < 1.29 is 4.74 Å². The molecule has 2 aromatic rings. The fraction of sp³-hybridized carbons (Fsp3) is 0.474. The smallest absolute Gasteiger partial charge is 0.191 e. The van der Waals surface area contributed by atoms with Crippen LogP contribution in [-0.2, 0) is 13.1 Å². The summed E-state index contributed by atoms with van der Waals surface area (Å²) in [5.74, 6) is 1.62. The summed E-state index contributed by atoms with van der Waals surface area (Å²) < 4.78 is 6.04. The van der Waals surface area contributed by atoms with Crippen LogP contribution in [0.4, 0.5) is 5.13 Å². The van der Waals surface area contributed by atoms with E-state index in [-0.39, 0.29) is 5.60 Å². The van der Waals surface area contributed by atoms with Crippen molar-refractivity contribution in [1.82, 2.24) is 15.6 Å². The number of rotatable bonds is 6. The predicted octanol–water partition coefficient (Wildman–Crippen LogP) is 3.25. The molecule has 2 N–H and O–H groups in total. The van der Waals surface area contributed by atoms with E-state index in [2.05, 4.69) is 32.1 Å². The molecule has 0 aliphatic heterocycles. The number of anilines is 1. The van der Waals surface area contributed by atoms with Crippen molar-refractivity contribution in [2.24, 2.45) is 4.99 Å². The van der Waals surface area contributed by atoms with E-state index < -0.39 is 0 Å². The largest absolute Gasteiger partial charge is 0.488 e. The van der Waals surface area contributed by atoms with Gasteiger partial charge in [0.05, 0.1) is 12.2 Å². The second-order valence-electron chi connectivity index (χ2n) is 7.12. The number of para-hydroxylation sites is 1. The van der Waals surface area contributed by atoms with Gasteiger partial charge in [0.15, 0.2) is 11.1 Å². The zero-order chi connectivity index (χ0) is 19.2. The van der Waals surface area contributed by atoms with Gasteiger partial charge in [-0.3, -0.25) is 4.99 Å². The Bertz CT molecular complexity index is 734. The summed E-state index contributed by atoms with van der Waals surface area (Å²) in [5, 5.41) is 9.69. The summed E-state index contributed by atoms with van der Waals surface area (Å²) in [6, 6.07) is 8.06. The molecule has 1 heterocycles. The Morgan fingerprint density at radius 2 is 1.88 bits per heavy atom. The van der Waals surface area contributed by atoms with Crippen LogP contribution in [0.25, 0.3) is 0 Å². The van der Waals surface area contributed by atoms with Crippen molar-refractivity contribution in [3.05, 3.63) is 40.9 Å². The topological polar surface area (TPSA) is 61.8 Å². The van der Waals surface area contributed by atoms with Crippen molar-refractivity contribution in [2.45, 2.75) is 39.5 Å². The molecule has 142 valence electrons. The molecule has 1 aromatic carbocycles. The van der Waals surface area contributed by atoms with Crippen LogP contribution < -0.4 is 20.3 Å². The van der Waals surface area contributed by atoms with Gasteiger partial charge in [-0.1, -0.05) is 18.2 Å². The van der Waals surface area contributed by atoms with Crippen LogP contribution in [0.5, 0.6) is 5.75 Å². The lowest BCUT2D eigenvalue weighted by Gasteiger charge is -2.23. The first kappa shape index (κ1) is 20.0. The molecule has 2 rings (SSSR count). The minimum atomic E-state index is -0.231. The highest BCUT2D eigenvalue weighted by molar-refractivity contribution is 7.13. The minimum Gasteiger partial charge on any atom is -0.488 e. The zero-order valence-corrected chi connectivity index (χ0v) is 17.3. The van der Waals surface area contributed by atoms with E-state index in [1.807, 2.05) is 58.0 Å². The van der Waals surface area contributed by atoms with E-state index in [1.54, 1.807) is 18.4 Å². The van der Waals surface area contributed by atoms with Gasteiger partial charge in [0.1, 0.15) is 11.4 Å². The Balaban J connectivity index is 1.93. The van der Waals surface area contributed by atoms with Crippen LogP contribution in [-0.4, -0.2) is 37.7 Å². The van der Waals surface area contributed by atoms with Crippen LogP contribution in [0.2, 0.25) is 0 Å². The lowest BCUT2D eigenvalue weighted by Crippen LogP contribution is -2.36. The van der Waals surface area contributed by atoms with Gasteiger partial charge in [0.25, 0.3) is 0 Å². The fourth-order valence-electron chi connectivity index (χ4n) is 2.24. The van der Waals surface area contributed by atoms with Gasteiger partial charge < -0.3 is 20.3 Å². The van der Waals surface area contributed by atoms with Crippen LogP contribution in [0.3, 0.4) is 0 Å². The molecular weight excluding hydrogens is 346 g/mol. The third-order valence-electron chi connectivity index (χ3n) is 3.42. The normalized spacial score (nSPS) is 12.0. The molecule has 0 unspecified atom stereocenters. The van der Waals surface area contributed by atoms with Gasteiger partial charge in [-0.05, 0) is 26.8 Å². The number of aliphatic imine (C=N–C) groups is 1. The minimum absolute atomic E-state index is 0.231.